The number of aliphatic carboxylic acids is 1. The maximum absolute atomic E-state index is 12.0. The van der Waals surface area contributed by atoms with Crippen LogP contribution in [0.25, 0.3) is 0 Å². The van der Waals surface area contributed by atoms with Crippen molar-refractivity contribution in [3.05, 3.63) is 18.0 Å². The minimum atomic E-state index is -0.946. The first-order valence-electron chi connectivity index (χ1n) is 5.88. The fourth-order valence-electron chi connectivity index (χ4n) is 2.12. The first-order valence-corrected chi connectivity index (χ1v) is 5.88. The molecule has 0 spiro atoms. The Morgan fingerprint density at radius 2 is 2.44 bits per heavy atom. The number of aromatic amines is 1. The molecule has 0 bridgehead atoms. The summed E-state index contributed by atoms with van der Waals surface area (Å²) < 4.78 is 0. The van der Waals surface area contributed by atoms with Crippen LogP contribution in [0.15, 0.2) is 12.4 Å². The van der Waals surface area contributed by atoms with Gasteiger partial charge in [-0.15, -0.1) is 0 Å². The van der Waals surface area contributed by atoms with E-state index in [2.05, 4.69) is 15.5 Å². The second-order valence-electron chi connectivity index (χ2n) is 4.39. The Balaban J connectivity index is 1.97. The Morgan fingerprint density at radius 3 is 3.06 bits per heavy atom. The van der Waals surface area contributed by atoms with Crippen molar-refractivity contribution in [2.24, 2.45) is 0 Å². The molecule has 1 aromatic heterocycles. The summed E-state index contributed by atoms with van der Waals surface area (Å²) in [6, 6.07) is -1.25. The van der Waals surface area contributed by atoms with Gasteiger partial charge < -0.3 is 15.3 Å². The number of carbonyl (C=O) groups is 2. The van der Waals surface area contributed by atoms with E-state index in [9.17, 15) is 9.59 Å². The van der Waals surface area contributed by atoms with Gasteiger partial charge in [0.05, 0.1) is 12.2 Å². The number of hydrogen-bond acceptors (Lipinski definition) is 3. The van der Waals surface area contributed by atoms with Gasteiger partial charge in [-0.05, 0) is 19.8 Å². The summed E-state index contributed by atoms with van der Waals surface area (Å²) in [5.41, 5.74) is 0.856. The standard InChI is InChI=1S/C11H16N4O3/c1-7(8-5-12-13-6-8)14-11(18)15-4-2-3-9(15)10(16)17/h5-7,9H,2-4H2,1H3,(H,12,13)(H,14,18)(H,16,17)/t7?,9-/m0/s1. The third-order valence-corrected chi connectivity index (χ3v) is 3.16. The lowest BCUT2D eigenvalue weighted by Gasteiger charge is -2.23. The van der Waals surface area contributed by atoms with Crippen molar-refractivity contribution in [3.63, 3.8) is 0 Å². The van der Waals surface area contributed by atoms with Gasteiger partial charge in [-0.2, -0.15) is 5.10 Å². The van der Waals surface area contributed by atoms with Crippen molar-refractivity contribution < 1.29 is 14.7 Å². The smallest absolute Gasteiger partial charge is 0.326 e. The number of aromatic nitrogens is 2. The van der Waals surface area contributed by atoms with Gasteiger partial charge in [-0.25, -0.2) is 9.59 Å². The van der Waals surface area contributed by atoms with Gasteiger partial charge >= 0.3 is 12.0 Å². The molecule has 1 fully saturated rings. The molecule has 18 heavy (non-hydrogen) atoms. The zero-order chi connectivity index (χ0) is 13.1. The first kappa shape index (κ1) is 12.4. The Bertz CT molecular complexity index is 432. The fourth-order valence-corrected chi connectivity index (χ4v) is 2.12. The summed E-state index contributed by atoms with van der Waals surface area (Å²) in [6.45, 7) is 2.31. The molecule has 0 aliphatic carbocycles. The normalized spacial score (nSPS) is 20.7. The number of nitrogens with one attached hydrogen (secondary N) is 2. The van der Waals surface area contributed by atoms with E-state index >= 15 is 0 Å². The second-order valence-corrected chi connectivity index (χ2v) is 4.39. The van der Waals surface area contributed by atoms with Crippen LogP contribution >= 0.6 is 0 Å². The molecule has 7 heteroatoms. The highest BCUT2D eigenvalue weighted by atomic mass is 16.4. The maximum atomic E-state index is 12.0. The molecule has 2 atom stereocenters. The van der Waals surface area contributed by atoms with Crippen LogP contribution in [0.3, 0.4) is 0 Å². The van der Waals surface area contributed by atoms with E-state index in [1.165, 1.54) is 4.90 Å². The topological polar surface area (TPSA) is 98.3 Å². The van der Waals surface area contributed by atoms with E-state index in [-0.39, 0.29) is 12.1 Å². The summed E-state index contributed by atoms with van der Waals surface area (Å²) in [5.74, 6) is -0.946. The van der Waals surface area contributed by atoms with Crippen LogP contribution in [0, 0.1) is 0 Å². The lowest BCUT2D eigenvalue weighted by molar-refractivity contribution is -0.141. The van der Waals surface area contributed by atoms with Crippen molar-refractivity contribution in [1.82, 2.24) is 20.4 Å². The van der Waals surface area contributed by atoms with Gasteiger partial charge in [-0.3, -0.25) is 5.10 Å². The molecule has 1 unspecified atom stereocenters. The van der Waals surface area contributed by atoms with Gasteiger partial charge in [0.2, 0.25) is 0 Å². The van der Waals surface area contributed by atoms with E-state index < -0.39 is 12.0 Å². The summed E-state index contributed by atoms with van der Waals surface area (Å²) in [6.07, 6.45) is 4.57. The number of nitrogens with zero attached hydrogens (tertiary/aromatic N) is 2. The van der Waals surface area contributed by atoms with Gasteiger partial charge in [-0.1, -0.05) is 0 Å². The second kappa shape index (κ2) is 5.07. The van der Waals surface area contributed by atoms with Crippen molar-refractivity contribution in [2.45, 2.75) is 31.8 Å². The molecule has 3 N–H and O–H groups in total. The van der Waals surface area contributed by atoms with Gasteiger partial charge in [0.25, 0.3) is 0 Å². The number of hydrogen-bond donors (Lipinski definition) is 3. The van der Waals surface area contributed by atoms with Crippen LogP contribution in [0.2, 0.25) is 0 Å². The summed E-state index contributed by atoms with van der Waals surface area (Å²) >= 11 is 0. The highest BCUT2D eigenvalue weighted by Crippen LogP contribution is 2.18. The minimum Gasteiger partial charge on any atom is -0.480 e. The fraction of sp³-hybridized carbons (Fsp3) is 0.545. The molecule has 0 aromatic carbocycles. The zero-order valence-corrected chi connectivity index (χ0v) is 10.1. The number of H-pyrrole nitrogens is 1. The van der Waals surface area contributed by atoms with Gasteiger partial charge in [0.15, 0.2) is 0 Å². The third kappa shape index (κ3) is 2.44. The van der Waals surface area contributed by atoms with E-state index in [1.807, 2.05) is 6.92 Å². The predicted octanol–water partition coefficient (Wildman–Crippen LogP) is 0.729. The number of urea groups is 1. The number of likely N-dealkylation sites (tertiary alicyclic amines) is 1. The Labute approximate surface area is 104 Å². The molecule has 0 radical (unpaired) electrons. The zero-order valence-electron chi connectivity index (χ0n) is 10.1. The van der Waals surface area contributed by atoms with Gasteiger partial charge in [0, 0.05) is 18.3 Å². The number of carbonyl (C=O) groups excluding carboxylic acids is 1. The highest BCUT2D eigenvalue weighted by molar-refractivity contribution is 5.83. The van der Waals surface area contributed by atoms with Crippen LogP contribution in [-0.2, 0) is 4.79 Å². The average molecular weight is 252 g/mol. The SMILES string of the molecule is CC(NC(=O)N1CCC[C@H]1C(=O)O)c1cn[nH]c1. The molecule has 1 aliphatic rings. The van der Waals surface area contributed by atoms with Crippen LogP contribution in [0.5, 0.6) is 0 Å². The van der Waals surface area contributed by atoms with Crippen molar-refractivity contribution in [3.8, 4) is 0 Å². The number of carboxylic acid groups (broad SMARTS) is 1. The van der Waals surface area contributed by atoms with E-state index in [0.29, 0.717) is 13.0 Å². The molecule has 2 amide bonds. The van der Waals surface area contributed by atoms with Crippen LogP contribution in [-0.4, -0.2) is 44.8 Å². The van der Waals surface area contributed by atoms with Crippen molar-refractivity contribution >= 4 is 12.0 Å². The lowest BCUT2D eigenvalue weighted by atomic mass is 10.2. The van der Waals surface area contributed by atoms with Crippen LogP contribution in [0.1, 0.15) is 31.4 Å². The predicted molar refractivity (Wildman–Crippen MR) is 62.9 cm³/mol. The highest BCUT2D eigenvalue weighted by Gasteiger charge is 2.34. The number of rotatable bonds is 3. The molecule has 98 valence electrons. The Kier molecular flexibility index (Phi) is 3.50. The third-order valence-electron chi connectivity index (χ3n) is 3.16. The number of amides is 2. The first-order chi connectivity index (χ1) is 8.59. The summed E-state index contributed by atoms with van der Waals surface area (Å²) in [7, 11) is 0. The summed E-state index contributed by atoms with van der Waals surface area (Å²) in [4.78, 5) is 24.4. The van der Waals surface area contributed by atoms with E-state index in [0.717, 1.165) is 12.0 Å². The number of carboxylic acids is 1. The molecule has 7 nitrogen and oxygen atoms in total. The monoisotopic (exact) mass is 252 g/mol. The molecule has 1 aromatic rings. The van der Waals surface area contributed by atoms with E-state index in [1.54, 1.807) is 12.4 Å². The quantitative estimate of drug-likeness (QED) is 0.738. The van der Waals surface area contributed by atoms with Crippen LogP contribution < -0.4 is 5.32 Å². The maximum Gasteiger partial charge on any atom is 0.326 e. The Morgan fingerprint density at radius 1 is 1.67 bits per heavy atom. The molecular weight excluding hydrogens is 236 g/mol. The lowest BCUT2D eigenvalue weighted by Crippen LogP contribution is -2.46. The van der Waals surface area contributed by atoms with E-state index in [4.69, 9.17) is 5.11 Å². The molecule has 2 heterocycles. The molecular formula is C11H16N4O3. The Hall–Kier alpha value is -2.05. The molecule has 2 rings (SSSR count). The minimum absolute atomic E-state index is 0.203. The van der Waals surface area contributed by atoms with Crippen molar-refractivity contribution in [1.29, 1.82) is 0 Å². The average Bonchev–Trinajstić information content (AvgIpc) is 3.00. The molecule has 1 aliphatic heterocycles. The largest absolute Gasteiger partial charge is 0.480 e. The van der Waals surface area contributed by atoms with Crippen LogP contribution in [0.4, 0.5) is 4.79 Å². The summed E-state index contributed by atoms with van der Waals surface area (Å²) in [5, 5.41) is 18.3. The van der Waals surface area contributed by atoms with Crippen molar-refractivity contribution in [2.75, 3.05) is 6.54 Å². The molecule has 1 saturated heterocycles. The van der Waals surface area contributed by atoms with Gasteiger partial charge in [0.1, 0.15) is 6.04 Å². The molecule has 0 saturated carbocycles.